The van der Waals surface area contributed by atoms with Gasteiger partial charge in [-0.2, -0.15) is 0 Å². The molecule has 1 aromatic heterocycles. The summed E-state index contributed by atoms with van der Waals surface area (Å²) in [5.74, 6) is 0.803. The minimum absolute atomic E-state index is 0.211. The maximum Gasteiger partial charge on any atom is 0.213 e. The van der Waals surface area contributed by atoms with Crippen molar-refractivity contribution in [2.24, 2.45) is 0 Å². The molecule has 0 amide bonds. The predicted octanol–water partition coefficient (Wildman–Crippen LogP) is 1.67. The molecule has 0 aliphatic heterocycles. The molecule has 118 valence electrons. The van der Waals surface area contributed by atoms with E-state index < -0.39 is 6.10 Å². The van der Waals surface area contributed by atoms with Crippen LogP contribution in [-0.2, 0) is 6.42 Å². The van der Waals surface area contributed by atoms with Crippen LogP contribution < -0.4 is 10.1 Å². The second kappa shape index (κ2) is 8.36. The van der Waals surface area contributed by atoms with Gasteiger partial charge in [0.15, 0.2) is 0 Å². The van der Waals surface area contributed by atoms with Crippen molar-refractivity contribution in [1.82, 2.24) is 10.3 Å². The summed E-state index contributed by atoms with van der Waals surface area (Å²) in [5, 5.41) is 22.3. The molecule has 1 heterocycles. The van der Waals surface area contributed by atoms with Crippen LogP contribution in [-0.4, -0.2) is 41.0 Å². The van der Waals surface area contributed by atoms with Gasteiger partial charge in [-0.3, -0.25) is 0 Å². The number of benzene rings is 1. The summed E-state index contributed by atoms with van der Waals surface area (Å²) >= 11 is 0. The number of aromatic hydroxyl groups is 1. The summed E-state index contributed by atoms with van der Waals surface area (Å²) in [5.41, 5.74) is 2.21. The minimum Gasteiger partial charge on any atom is -0.508 e. The molecule has 0 saturated carbocycles. The zero-order chi connectivity index (χ0) is 15.8. The van der Waals surface area contributed by atoms with Crippen LogP contribution in [0.15, 0.2) is 42.6 Å². The molecule has 0 bridgehead atoms. The van der Waals surface area contributed by atoms with E-state index in [1.54, 1.807) is 18.3 Å². The quantitative estimate of drug-likeness (QED) is 0.647. The first kappa shape index (κ1) is 16.3. The molecule has 1 unspecified atom stereocenters. The normalized spacial score (nSPS) is 12.1. The number of aryl methyl sites for hydroxylation is 1. The molecule has 0 aliphatic carbocycles. The monoisotopic (exact) mass is 302 g/mol. The molecule has 0 radical (unpaired) electrons. The van der Waals surface area contributed by atoms with Crippen molar-refractivity contribution in [2.45, 2.75) is 19.4 Å². The van der Waals surface area contributed by atoms with Gasteiger partial charge in [0, 0.05) is 18.8 Å². The first-order valence-electron chi connectivity index (χ1n) is 7.35. The average Bonchev–Trinajstić information content (AvgIpc) is 2.51. The Balaban J connectivity index is 1.61. The minimum atomic E-state index is -0.581. The number of aromatic nitrogens is 1. The van der Waals surface area contributed by atoms with Crippen LogP contribution in [0.25, 0.3) is 0 Å². The average molecular weight is 302 g/mol. The highest BCUT2D eigenvalue weighted by atomic mass is 16.5. The number of hydrogen-bond acceptors (Lipinski definition) is 5. The van der Waals surface area contributed by atoms with Crippen LogP contribution in [0, 0.1) is 6.92 Å². The first-order valence-corrected chi connectivity index (χ1v) is 7.35. The second-order valence-corrected chi connectivity index (χ2v) is 5.26. The summed E-state index contributed by atoms with van der Waals surface area (Å²) in [6.07, 6.45) is 1.95. The Hall–Kier alpha value is -2.11. The molecule has 0 fully saturated rings. The number of hydrogen-bond donors (Lipinski definition) is 3. The number of phenols is 1. The van der Waals surface area contributed by atoms with E-state index in [-0.39, 0.29) is 12.4 Å². The highest BCUT2D eigenvalue weighted by molar-refractivity contribution is 5.26. The Morgan fingerprint density at radius 2 is 2.00 bits per heavy atom. The Morgan fingerprint density at radius 3 is 2.73 bits per heavy atom. The lowest BCUT2D eigenvalue weighted by atomic mass is 10.1. The predicted molar refractivity (Wildman–Crippen MR) is 85.2 cm³/mol. The summed E-state index contributed by atoms with van der Waals surface area (Å²) in [7, 11) is 0. The molecule has 3 N–H and O–H groups in total. The van der Waals surface area contributed by atoms with Crippen molar-refractivity contribution in [1.29, 1.82) is 0 Å². The third-order valence-corrected chi connectivity index (χ3v) is 3.22. The molecule has 2 rings (SSSR count). The van der Waals surface area contributed by atoms with E-state index in [0.717, 1.165) is 24.1 Å². The fourth-order valence-electron chi connectivity index (χ4n) is 1.99. The van der Waals surface area contributed by atoms with Crippen molar-refractivity contribution in [3.05, 3.63) is 53.7 Å². The van der Waals surface area contributed by atoms with Crippen LogP contribution >= 0.6 is 0 Å². The molecule has 1 aromatic carbocycles. The van der Waals surface area contributed by atoms with Gasteiger partial charge in [-0.25, -0.2) is 4.98 Å². The summed E-state index contributed by atoms with van der Waals surface area (Å²) in [4.78, 5) is 4.08. The van der Waals surface area contributed by atoms with Gasteiger partial charge >= 0.3 is 0 Å². The number of ether oxygens (including phenoxy) is 1. The van der Waals surface area contributed by atoms with Gasteiger partial charge in [-0.15, -0.1) is 0 Å². The molecule has 22 heavy (non-hydrogen) atoms. The Labute approximate surface area is 130 Å². The van der Waals surface area contributed by atoms with Crippen molar-refractivity contribution < 1.29 is 14.9 Å². The van der Waals surface area contributed by atoms with Gasteiger partial charge in [-0.1, -0.05) is 12.1 Å². The highest BCUT2D eigenvalue weighted by Gasteiger charge is 2.05. The van der Waals surface area contributed by atoms with Crippen molar-refractivity contribution in [3.8, 4) is 11.6 Å². The molecular weight excluding hydrogens is 280 g/mol. The Bertz CT molecular complexity index is 572. The van der Waals surface area contributed by atoms with E-state index in [1.165, 1.54) is 0 Å². The molecule has 1 atom stereocenters. The van der Waals surface area contributed by atoms with E-state index in [2.05, 4.69) is 10.3 Å². The largest absolute Gasteiger partial charge is 0.508 e. The second-order valence-electron chi connectivity index (χ2n) is 5.26. The topological polar surface area (TPSA) is 74.6 Å². The van der Waals surface area contributed by atoms with Gasteiger partial charge in [0.25, 0.3) is 0 Å². The molecule has 0 spiro atoms. The highest BCUT2D eigenvalue weighted by Crippen LogP contribution is 2.10. The first-order chi connectivity index (χ1) is 10.6. The Kier molecular flexibility index (Phi) is 6.18. The van der Waals surface area contributed by atoms with Gasteiger partial charge in [0.2, 0.25) is 5.88 Å². The van der Waals surface area contributed by atoms with Gasteiger partial charge in [-0.05, 0) is 49.2 Å². The van der Waals surface area contributed by atoms with Crippen molar-refractivity contribution in [3.63, 3.8) is 0 Å². The SMILES string of the molecule is Cc1ccnc(OCC(O)CNCCc2ccc(O)cc2)c1. The van der Waals surface area contributed by atoms with Gasteiger partial charge in [0.1, 0.15) is 18.5 Å². The van der Waals surface area contributed by atoms with Crippen LogP contribution in [0.1, 0.15) is 11.1 Å². The summed E-state index contributed by atoms with van der Waals surface area (Å²) in [6.45, 7) is 3.40. The lowest BCUT2D eigenvalue weighted by Gasteiger charge is -2.13. The third kappa shape index (κ3) is 5.71. The van der Waals surface area contributed by atoms with Crippen molar-refractivity contribution >= 4 is 0 Å². The van der Waals surface area contributed by atoms with Gasteiger partial charge < -0.3 is 20.3 Å². The number of aliphatic hydroxyl groups is 1. The summed E-state index contributed by atoms with van der Waals surface area (Å²) in [6, 6.07) is 10.9. The zero-order valence-corrected chi connectivity index (χ0v) is 12.7. The molecule has 0 saturated heterocycles. The molecule has 2 aromatic rings. The number of phenolic OH excluding ortho intramolecular Hbond substituents is 1. The van der Waals surface area contributed by atoms with E-state index >= 15 is 0 Å². The third-order valence-electron chi connectivity index (χ3n) is 3.22. The molecule has 0 aliphatic rings. The van der Waals surface area contributed by atoms with Crippen LogP contribution in [0.3, 0.4) is 0 Å². The number of nitrogens with one attached hydrogen (secondary N) is 1. The van der Waals surface area contributed by atoms with Gasteiger partial charge in [0.05, 0.1) is 0 Å². The van der Waals surface area contributed by atoms with Crippen LogP contribution in [0.4, 0.5) is 0 Å². The van der Waals surface area contributed by atoms with Crippen molar-refractivity contribution in [2.75, 3.05) is 19.7 Å². The molecular formula is C17H22N2O3. The lowest BCUT2D eigenvalue weighted by molar-refractivity contribution is 0.104. The van der Waals surface area contributed by atoms with E-state index in [4.69, 9.17) is 4.74 Å². The zero-order valence-electron chi connectivity index (χ0n) is 12.7. The maximum absolute atomic E-state index is 9.87. The van der Waals surface area contributed by atoms with E-state index in [1.807, 2.05) is 31.2 Å². The fourth-order valence-corrected chi connectivity index (χ4v) is 1.99. The standard InChI is InChI=1S/C17H22N2O3/c1-13-6-9-19-17(10-13)22-12-16(21)11-18-8-7-14-2-4-15(20)5-3-14/h2-6,9-10,16,18,20-21H,7-8,11-12H2,1H3. The van der Waals surface area contributed by atoms with Crippen LogP contribution in [0.5, 0.6) is 11.6 Å². The lowest BCUT2D eigenvalue weighted by Crippen LogP contribution is -2.32. The summed E-state index contributed by atoms with van der Waals surface area (Å²) < 4.78 is 5.45. The smallest absolute Gasteiger partial charge is 0.213 e. The van der Waals surface area contributed by atoms with Crippen LogP contribution in [0.2, 0.25) is 0 Å². The van der Waals surface area contributed by atoms with E-state index in [0.29, 0.717) is 12.4 Å². The number of nitrogens with zero attached hydrogens (tertiary/aromatic N) is 1. The maximum atomic E-state index is 9.87. The molecule has 5 nitrogen and oxygen atoms in total. The number of pyridine rings is 1. The fraction of sp³-hybridized carbons (Fsp3) is 0.353. The number of aliphatic hydroxyl groups excluding tert-OH is 1. The molecule has 5 heteroatoms. The Morgan fingerprint density at radius 1 is 1.23 bits per heavy atom. The number of rotatable bonds is 8. The van der Waals surface area contributed by atoms with E-state index in [9.17, 15) is 10.2 Å².